The van der Waals surface area contributed by atoms with Crippen molar-refractivity contribution in [3.63, 3.8) is 0 Å². The molecule has 1 aliphatic carbocycles. The number of halogens is 2. The van der Waals surface area contributed by atoms with Crippen LogP contribution in [0.15, 0.2) is 30.6 Å². The summed E-state index contributed by atoms with van der Waals surface area (Å²) in [7, 11) is 1.71. The van der Waals surface area contributed by atoms with Crippen molar-refractivity contribution in [1.82, 2.24) is 34.6 Å². The predicted molar refractivity (Wildman–Crippen MR) is 133 cm³/mol. The number of pyridine rings is 2. The molecule has 1 fully saturated rings. The van der Waals surface area contributed by atoms with Crippen molar-refractivity contribution in [1.29, 1.82) is 0 Å². The lowest BCUT2D eigenvalue weighted by atomic mass is 9.85. The fraction of sp³-hybridized carbons (Fsp3) is 0.346. The van der Waals surface area contributed by atoms with E-state index < -0.39 is 17.0 Å². The highest BCUT2D eigenvalue weighted by molar-refractivity contribution is 6.09. The van der Waals surface area contributed by atoms with Gasteiger partial charge in [0.1, 0.15) is 28.8 Å². The second-order valence-corrected chi connectivity index (χ2v) is 10.3. The first kappa shape index (κ1) is 24.0. The van der Waals surface area contributed by atoms with E-state index in [0.29, 0.717) is 18.0 Å². The lowest BCUT2D eigenvalue weighted by Crippen LogP contribution is -2.34. The molecular formula is C26H24F2N8O2. The molecule has 12 heteroatoms. The van der Waals surface area contributed by atoms with Gasteiger partial charge in [-0.25, -0.2) is 28.4 Å². The molecule has 10 nitrogen and oxygen atoms in total. The summed E-state index contributed by atoms with van der Waals surface area (Å²) in [5, 5.41) is 7.57. The Kier molecular flexibility index (Phi) is 5.44. The minimum absolute atomic E-state index is 0.0163. The maximum Gasteiger partial charge on any atom is 0.272 e. The number of nitrogens with zero attached hydrogens (tertiary/aromatic N) is 7. The van der Waals surface area contributed by atoms with Crippen LogP contribution in [0, 0.1) is 17.6 Å². The highest BCUT2D eigenvalue weighted by Crippen LogP contribution is 2.40. The second kappa shape index (κ2) is 8.61. The molecule has 0 aromatic carbocycles. The minimum Gasteiger partial charge on any atom is -0.340 e. The third kappa shape index (κ3) is 3.96. The van der Waals surface area contributed by atoms with E-state index in [2.05, 4.69) is 30.4 Å². The maximum absolute atomic E-state index is 14.3. The molecule has 0 bridgehead atoms. The first-order valence-electron chi connectivity index (χ1n) is 12.2. The van der Waals surface area contributed by atoms with Crippen molar-refractivity contribution in [2.24, 2.45) is 5.92 Å². The Bertz CT molecular complexity index is 1630. The molecule has 1 aliphatic heterocycles. The summed E-state index contributed by atoms with van der Waals surface area (Å²) >= 11 is 0. The lowest BCUT2D eigenvalue weighted by Gasteiger charge is -2.22. The van der Waals surface area contributed by atoms with Crippen molar-refractivity contribution >= 4 is 28.7 Å². The molecule has 0 unspecified atom stereocenters. The molecule has 0 atom stereocenters. The Balaban J connectivity index is 1.52. The van der Waals surface area contributed by atoms with Gasteiger partial charge in [0.15, 0.2) is 11.5 Å². The zero-order chi connectivity index (χ0) is 26.8. The fourth-order valence-corrected chi connectivity index (χ4v) is 4.72. The monoisotopic (exact) mass is 518 g/mol. The zero-order valence-corrected chi connectivity index (χ0v) is 21.0. The number of nitrogens with one attached hydrogen (secondary N) is 1. The van der Waals surface area contributed by atoms with E-state index in [1.807, 2.05) is 0 Å². The van der Waals surface area contributed by atoms with Gasteiger partial charge in [-0.05, 0) is 50.8 Å². The van der Waals surface area contributed by atoms with Crippen LogP contribution < -0.4 is 5.32 Å². The van der Waals surface area contributed by atoms with Crippen LogP contribution in [0.4, 0.5) is 14.6 Å². The Morgan fingerprint density at radius 2 is 2.03 bits per heavy atom. The average molecular weight is 519 g/mol. The van der Waals surface area contributed by atoms with Crippen LogP contribution in [-0.2, 0) is 16.8 Å². The molecule has 6 rings (SSSR count). The first-order valence-corrected chi connectivity index (χ1v) is 12.2. The largest absolute Gasteiger partial charge is 0.340 e. The summed E-state index contributed by atoms with van der Waals surface area (Å²) in [6, 6.07) is 3.99. The predicted octanol–water partition coefficient (Wildman–Crippen LogP) is 3.32. The van der Waals surface area contributed by atoms with Gasteiger partial charge in [-0.15, -0.1) is 0 Å². The van der Waals surface area contributed by atoms with Gasteiger partial charge in [0.2, 0.25) is 5.91 Å². The quantitative estimate of drug-likeness (QED) is 0.416. The van der Waals surface area contributed by atoms with Gasteiger partial charge in [-0.1, -0.05) is 0 Å². The standard InChI is InChI=1S/C26H24F2N8O2/c1-26(2)18-20(24(37)35(3)11-13-6-7-13)31-22(32-21(18)33-25(26)38)19-15-9-14(27)10-30-23(15)36(34-19)12-17-16(28)5-4-8-29-17/h4-5,8-10,13H,6-7,11-12H2,1-3H3,(H,31,32,33,38). The SMILES string of the molecule is CN(CC1CC1)C(=O)c1nc(-c2nn(Cc3ncccc3F)c3ncc(F)cc23)nc2c1C(C)(C)C(=O)N2. The Morgan fingerprint density at radius 3 is 2.76 bits per heavy atom. The second-order valence-electron chi connectivity index (χ2n) is 10.3. The molecule has 5 heterocycles. The van der Waals surface area contributed by atoms with Gasteiger partial charge in [-0.3, -0.25) is 14.6 Å². The number of fused-ring (bicyclic) bond motifs is 2. The zero-order valence-electron chi connectivity index (χ0n) is 21.0. The van der Waals surface area contributed by atoms with E-state index in [4.69, 9.17) is 0 Å². The first-order chi connectivity index (χ1) is 18.1. The number of rotatable bonds is 6. The van der Waals surface area contributed by atoms with Crippen molar-refractivity contribution in [3.8, 4) is 11.5 Å². The molecule has 0 spiro atoms. The number of carbonyl (C=O) groups is 2. The molecule has 2 amide bonds. The molecule has 1 saturated carbocycles. The topological polar surface area (TPSA) is 119 Å². The van der Waals surface area contributed by atoms with Gasteiger partial charge in [0.25, 0.3) is 5.91 Å². The normalized spacial score (nSPS) is 16.0. The summed E-state index contributed by atoms with van der Waals surface area (Å²) in [5.74, 6) is -1.12. The van der Waals surface area contributed by atoms with Crippen LogP contribution in [-0.4, -0.2) is 60.0 Å². The van der Waals surface area contributed by atoms with Crippen LogP contribution in [0.25, 0.3) is 22.6 Å². The summed E-state index contributed by atoms with van der Waals surface area (Å²) in [6.45, 7) is 3.92. The number of hydrogen-bond donors (Lipinski definition) is 1. The van der Waals surface area contributed by atoms with E-state index >= 15 is 0 Å². The third-order valence-electron chi connectivity index (χ3n) is 7.01. The molecular weight excluding hydrogens is 494 g/mol. The van der Waals surface area contributed by atoms with E-state index in [1.165, 1.54) is 29.1 Å². The Labute approximate surface area is 216 Å². The van der Waals surface area contributed by atoms with Gasteiger partial charge in [0, 0.05) is 25.4 Å². The smallest absolute Gasteiger partial charge is 0.272 e. The Morgan fingerprint density at radius 1 is 1.24 bits per heavy atom. The summed E-state index contributed by atoms with van der Waals surface area (Å²) < 4.78 is 30.0. The molecule has 2 aliphatic rings. The van der Waals surface area contributed by atoms with Crippen LogP contribution in [0.3, 0.4) is 0 Å². The van der Waals surface area contributed by atoms with Crippen LogP contribution in [0.1, 0.15) is 48.4 Å². The van der Waals surface area contributed by atoms with Gasteiger partial charge in [0.05, 0.1) is 29.2 Å². The molecule has 0 radical (unpaired) electrons. The van der Waals surface area contributed by atoms with Crippen LogP contribution in [0.2, 0.25) is 0 Å². The van der Waals surface area contributed by atoms with Crippen molar-refractivity contribution in [2.45, 2.75) is 38.6 Å². The van der Waals surface area contributed by atoms with Crippen molar-refractivity contribution in [2.75, 3.05) is 18.9 Å². The summed E-state index contributed by atoms with van der Waals surface area (Å²) in [6.07, 6.45) is 4.62. The highest BCUT2D eigenvalue weighted by atomic mass is 19.1. The molecule has 1 N–H and O–H groups in total. The minimum atomic E-state index is -1.04. The van der Waals surface area contributed by atoms with Crippen LogP contribution in [0.5, 0.6) is 0 Å². The number of carbonyl (C=O) groups excluding carboxylic acids is 2. The van der Waals surface area contributed by atoms with Gasteiger partial charge >= 0.3 is 0 Å². The number of hydrogen-bond acceptors (Lipinski definition) is 7. The molecule has 4 aromatic rings. The third-order valence-corrected chi connectivity index (χ3v) is 7.01. The maximum atomic E-state index is 14.3. The van der Waals surface area contributed by atoms with E-state index in [0.717, 1.165) is 19.0 Å². The Hall–Kier alpha value is -4.35. The fourth-order valence-electron chi connectivity index (χ4n) is 4.72. The number of amides is 2. The molecule has 38 heavy (non-hydrogen) atoms. The lowest BCUT2D eigenvalue weighted by molar-refractivity contribution is -0.119. The highest BCUT2D eigenvalue weighted by Gasteiger charge is 2.45. The molecule has 194 valence electrons. The number of anilines is 1. The van der Waals surface area contributed by atoms with E-state index in [-0.39, 0.29) is 58.1 Å². The van der Waals surface area contributed by atoms with Gasteiger partial charge < -0.3 is 10.2 Å². The van der Waals surface area contributed by atoms with Crippen molar-refractivity contribution < 1.29 is 18.4 Å². The average Bonchev–Trinajstić information content (AvgIpc) is 3.58. The van der Waals surface area contributed by atoms with Crippen molar-refractivity contribution in [3.05, 3.63) is 59.2 Å². The molecule has 4 aromatic heterocycles. The number of aromatic nitrogens is 6. The van der Waals surface area contributed by atoms with E-state index in [9.17, 15) is 18.4 Å². The van der Waals surface area contributed by atoms with Crippen LogP contribution >= 0.6 is 0 Å². The van der Waals surface area contributed by atoms with Gasteiger partial charge in [-0.2, -0.15) is 5.10 Å². The molecule has 0 saturated heterocycles. The van der Waals surface area contributed by atoms with E-state index in [1.54, 1.807) is 25.8 Å². The summed E-state index contributed by atoms with van der Waals surface area (Å²) in [5.41, 5.74) is -0.0225. The summed E-state index contributed by atoms with van der Waals surface area (Å²) in [4.78, 5) is 45.4.